The Kier molecular flexibility index (Phi) is 3.77. The molecule has 3 nitrogen and oxygen atoms in total. The van der Waals surface area contributed by atoms with Crippen LogP contribution in [0.4, 0.5) is 5.69 Å². The number of fused-ring (bicyclic) bond motifs is 1. The summed E-state index contributed by atoms with van der Waals surface area (Å²) in [6.45, 7) is 7.93. The van der Waals surface area contributed by atoms with Gasteiger partial charge in [0.25, 0.3) is 0 Å². The number of carbonyl (C=O) groups excluding carboxylic acids is 1. The van der Waals surface area contributed by atoms with Gasteiger partial charge >= 0.3 is 0 Å². The van der Waals surface area contributed by atoms with Gasteiger partial charge in [-0.25, -0.2) is 0 Å². The van der Waals surface area contributed by atoms with E-state index in [2.05, 4.69) is 18.3 Å². The molecule has 1 aliphatic rings. The first-order chi connectivity index (χ1) is 10.9. The Morgan fingerprint density at radius 3 is 2.52 bits per heavy atom. The number of amides is 1. The molecule has 1 heterocycles. The molecule has 120 valence electrons. The minimum atomic E-state index is -0.745. The molecule has 1 unspecified atom stereocenters. The smallest absolute Gasteiger partial charge is 0.234 e. The number of aliphatic hydroxyl groups is 1. The third-order valence-corrected chi connectivity index (χ3v) is 4.89. The highest BCUT2D eigenvalue weighted by Gasteiger charge is 2.40. The van der Waals surface area contributed by atoms with Crippen LogP contribution in [0.3, 0.4) is 0 Å². The van der Waals surface area contributed by atoms with E-state index >= 15 is 0 Å². The molecule has 1 amide bonds. The largest absolute Gasteiger partial charge is 0.384 e. The third kappa shape index (κ3) is 2.45. The van der Waals surface area contributed by atoms with Gasteiger partial charge in [-0.3, -0.25) is 4.79 Å². The fourth-order valence-corrected chi connectivity index (χ4v) is 3.23. The lowest BCUT2D eigenvalue weighted by Gasteiger charge is -2.20. The average molecular weight is 309 g/mol. The second-order valence-electron chi connectivity index (χ2n) is 6.80. The van der Waals surface area contributed by atoms with E-state index in [4.69, 9.17) is 0 Å². The van der Waals surface area contributed by atoms with Gasteiger partial charge < -0.3 is 10.4 Å². The maximum atomic E-state index is 12.3. The van der Waals surface area contributed by atoms with Crippen molar-refractivity contribution in [2.45, 2.75) is 45.6 Å². The van der Waals surface area contributed by atoms with E-state index in [-0.39, 0.29) is 5.91 Å². The molecule has 23 heavy (non-hydrogen) atoms. The number of aliphatic hydroxyl groups excluding tert-OH is 1. The molecule has 2 N–H and O–H groups in total. The van der Waals surface area contributed by atoms with Crippen molar-refractivity contribution in [3.63, 3.8) is 0 Å². The molecule has 0 aliphatic carbocycles. The summed E-state index contributed by atoms with van der Waals surface area (Å²) < 4.78 is 0. The molecular formula is C20H23NO2. The zero-order chi connectivity index (χ0) is 16.8. The quantitative estimate of drug-likeness (QED) is 0.904. The Morgan fingerprint density at radius 2 is 1.87 bits per heavy atom. The number of carbonyl (C=O) groups is 1. The van der Waals surface area contributed by atoms with E-state index in [1.54, 1.807) is 0 Å². The van der Waals surface area contributed by atoms with Gasteiger partial charge in [0.05, 0.1) is 11.1 Å². The summed E-state index contributed by atoms with van der Waals surface area (Å²) in [6.07, 6.45) is 0.121. The third-order valence-electron chi connectivity index (χ3n) is 4.89. The molecule has 0 bridgehead atoms. The first-order valence-corrected chi connectivity index (χ1v) is 8.08. The topological polar surface area (TPSA) is 49.3 Å². The Labute approximate surface area is 137 Å². The van der Waals surface area contributed by atoms with Crippen LogP contribution in [0.1, 0.15) is 54.7 Å². The van der Waals surface area contributed by atoms with Crippen molar-refractivity contribution in [2.75, 3.05) is 5.32 Å². The minimum Gasteiger partial charge on any atom is -0.384 e. The van der Waals surface area contributed by atoms with Crippen LogP contribution in [0.25, 0.3) is 0 Å². The second kappa shape index (κ2) is 5.50. The van der Waals surface area contributed by atoms with Crippen LogP contribution in [-0.2, 0) is 16.6 Å². The first-order valence-electron chi connectivity index (χ1n) is 8.08. The Bertz CT molecular complexity index is 777. The van der Waals surface area contributed by atoms with E-state index in [9.17, 15) is 9.90 Å². The number of hydrogen-bond donors (Lipinski definition) is 2. The van der Waals surface area contributed by atoms with Crippen LogP contribution < -0.4 is 5.32 Å². The van der Waals surface area contributed by atoms with Gasteiger partial charge in [0.15, 0.2) is 0 Å². The first kappa shape index (κ1) is 15.8. The number of aryl methyl sites for hydroxylation is 2. The van der Waals surface area contributed by atoms with Crippen LogP contribution in [0.15, 0.2) is 36.4 Å². The van der Waals surface area contributed by atoms with Crippen LogP contribution in [0.2, 0.25) is 0 Å². The van der Waals surface area contributed by atoms with Crippen molar-refractivity contribution in [2.24, 2.45) is 0 Å². The molecule has 0 radical (unpaired) electrons. The fraction of sp³-hybridized carbons (Fsp3) is 0.350. The predicted octanol–water partition coefficient (Wildman–Crippen LogP) is 3.87. The molecule has 2 aromatic carbocycles. The molecule has 2 aromatic rings. The van der Waals surface area contributed by atoms with Crippen molar-refractivity contribution < 1.29 is 9.90 Å². The highest BCUT2D eigenvalue weighted by Crippen LogP contribution is 2.43. The standard InChI is InChI=1S/C20H23NO2/c1-5-13-10-15(18(22)14-9-7-6-8-12(14)2)17-16(11-13)20(3,4)19(23)21-17/h6-11,18,22H,5H2,1-4H3,(H,21,23). The summed E-state index contributed by atoms with van der Waals surface area (Å²) in [6, 6.07) is 11.9. The average Bonchev–Trinajstić information content (AvgIpc) is 2.76. The Hall–Kier alpha value is -2.13. The Morgan fingerprint density at radius 1 is 1.17 bits per heavy atom. The van der Waals surface area contributed by atoms with Crippen LogP contribution >= 0.6 is 0 Å². The van der Waals surface area contributed by atoms with Gasteiger partial charge in [0, 0.05) is 5.56 Å². The number of hydrogen-bond acceptors (Lipinski definition) is 2. The highest BCUT2D eigenvalue weighted by molar-refractivity contribution is 6.06. The zero-order valence-electron chi connectivity index (χ0n) is 14.1. The highest BCUT2D eigenvalue weighted by atomic mass is 16.3. The lowest BCUT2D eigenvalue weighted by molar-refractivity contribution is -0.119. The summed E-state index contributed by atoms with van der Waals surface area (Å²) >= 11 is 0. The lowest BCUT2D eigenvalue weighted by atomic mass is 9.83. The molecule has 0 saturated carbocycles. The molecule has 1 aliphatic heterocycles. The van der Waals surface area contributed by atoms with Gasteiger partial charge in [0.2, 0.25) is 5.91 Å². The van der Waals surface area contributed by atoms with Crippen molar-refractivity contribution in [3.8, 4) is 0 Å². The predicted molar refractivity (Wildman–Crippen MR) is 92.7 cm³/mol. The van der Waals surface area contributed by atoms with Gasteiger partial charge in [-0.1, -0.05) is 43.3 Å². The van der Waals surface area contributed by atoms with Crippen LogP contribution in [0, 0.1) is 6.92 Å². The van der Waals surface area contributed by atoms with Gasteiger partial charge in [-0.05, 0) is 49.4 Å². The SMILES string of the molecule is CCc1cc(C(O)c2ccccc2C)c2c(c1)C(C)(C)C(=O)N2. The van der Waals surface area contributed by atoms with Gasteiger partial charge in [0.1, 0.15) is 6.10 Å². The van der Waals surface area contributed by atoms with Crippen molar-refractivity contribution in [1.82, 2.24) is 0 Å². The normalized spacial score (nSPS) is 16.8. The molecule has 1 atom stereocenters. The van der Waals surface area contributed by atoms with Gasteiger partial charge in [-0.15, -0.1) is 0 Å². The number of rotatable bonds is 3. The number of anilines is 1. The van der Waals surface area contributed by atoms with Crippen molar-refractivity contribution in [1.29, 1.82) is 0 Å². The molecule has 3 rings (SSSR count). The molecule has 0 saturated heterocycles. The lowest BCUT2D eigenvalue weighted by Crippen LogP contribution is -2.26. The molecule has 0 aromatic heterocycles. The van der Waals surface area contributed by atoms with E-state index in [0.717, 1.165) is 39.9 Å². The monoisotopic (exact) mass is 309 g/mol. The number of benzene rings is 2. The fourth-order valence-electron chi connectivity index (χ4n) is 3.23. The van der Waals surface area contributed by atoms with Crippen molar-refractivity contribution in [3.05, 3.63) is 64.2 Å². The maximum Gasteiger partial charge on any atom is 0.234 e. The summed E-state index contributed by atoms with van der Waals surface area (Å²) in [5.74, 6) is -0.0148. The minimum absolute atomic E-state index is 0.0148. The summed E-state index contributed by atoms with van der Waals surface area (Å²) in [5, 5.41) is 13.9. The zero-order valence-corrected chi connectivity index (χ0v) is 14.1. The second-order valence-corrected chi connectivity index (χ2v) is 6.80. The van der Waals surface area contributed by atoms with Crippen LogP contribution in [-0.4, -0.2) is 11.0 Å². The summed E-state index contributed by atoms with van der Waals surface area (Å²) in [5.41, 5.74) is 5.02. The van der Waals surface area contributed by atoms with E-state index < -0.39 is 11.5 Å². The van der Waals surface area contributed by atoms with Gasteiger partial charge in [-0.2, -0.15) is 0 Å². The molecular weight excluding hydrogens is 286 g/mol. The number of nitrogens with one attached hydrogen (secondary N) is 1. The Balaban J connectivity index is 2.20. The van der Waals surface area contributed by atoms with Crippen LogP contribution in [0.5, 0.6) is 0 Å². The summed E-state index contributed by atoms with van der Waals surface area (Å²) in [7, 11) is 0. The summed E-state index contributed by atoms with van der Waals surface area (Å²) in [4.78, 5) is 12.3. The molecule has 3 heteroatoms. The maximum absolute atomic E-state index is 12.3. The molecule has 0 spiro atoms. The van der Waals surface area contributed by atoms with E-state index in [1.807, 2.05) is 51.1 Å². The molecule has 0 fully saturated rings. The van der Waals surface area contributed by atoms with Crippen molar-refractivity contribution >= 4 is 11.6 Å². The van der Waals surface area contributed by atoms with E-state index in [1.165, 1.54) is 0 Å². The van der Waals surface area contributed by atoms with E-state index in [0.29, 0.717) is 0 Å².